The standard InChI is InChI=1S/C15H22N2O2/c1-15(16,14(18)19)9-11-17-10-5-4-7-12-6-2-3-8-13(12)17/h2-3,6,8H,4-5,7,9-11,16H2,1H3,(H,18,19). The van der Waals surface area contributed by atoms with E-state index in [0.29, 0.717) is 13.0 Å². The second-order valence-corrected chi connectivity index (χ2v) is 5.55. The van der Waals surface area contributed by atoms with E-state index in [9.17, 15) is 4.79 Å². The number of hydrogen-bond donors (Lipinski definition) is 2. The highest BCUT2D eigenvalue weighted by atomic mass is 16.4. The lowest BCUT2D eigenvalue weighted by atomic mass is 9.99. The molecular formula is C15H22N2O2. The van der Waals surface area contributed by atoms with E-state index in [1.54, 1.807) is 6.92 Å². The Hall–Kier alpha value is -1.55. The Morgan fingerprint density at radius 2 is 2.16 bits per heavy atom. The van der Waals surface area contributed by atoms with Gasteiger partial charge < -0.3 is 15.7 Å². The van der Waals surface area contributed by atoms with Gasteiger partial charge in [-0.15, -0.1) is 0 Å². The van der Waals surface area contributed by atoms with Gasteiger partial charge in [0.1, 0.15) is 5.54 Å². The third kappa shape index (κ3) is 3.26. The molecule has 19 heavy (non-hydrogen) atoms. The molecule has 0 radical (unpaired) electrons. The Bertz CT molecular complexity index is 457. The van der Waals surface area contributed by atoms with Crippen molar-refractivity contribution in [3.05, 3.63) is 29.8 Å². The van der Waals surface area contributed by atoms with Crippen molar-refractivity contribution in [3.63, 3.8) is 0 Å². The summed E-state index contributed by atoms with van der Waals surface area (Å²) < 4.78 is 0. The summed E-state index contributed by atoms with van der Waals surface area (Å²) in [5, 5.41) is 9.08. The van der Waals surface area contributed by atoms with Gasteiger partial charge in [-0.25, -0.2) is 0 Å². The van der Waals surface area contributed by atoms with Gasteiger partial charge in [-0.05, 0) is 44.2 Å². The summed E-state index contributed by atoms with van der Waals surface area (Å²) in [5.74, 6) is -0.935. The summed E-state index contributed by atoms with van der Waals surface area (Å²) in [7, 11) is 0. The van der Waals surface area contributed by atoms with E-state index < -0.39 is 11.5 Å². The number of nitrogens with two attached hydrogens (primary N) is 1. The highest BCUT2D eigenvalue weighted by Crippen LogP contribution is 2.26. The Morgan fingerprint density at radius 3 is 2.89 bits per heavy atom. The number of benzene rings is 1. The van der Waals surface area contributed by atoms with Crippen molar-refractivity contribution in [2.24, 2.45) is 5.73 Å². The second-order valence-electron chi connectivity index (χ2n) is 5.55. The summed E-state index contributed by atoms with van der Waals surface area (Å²) in [6.45, 7) is 3.25. The lowest BCUT2D eigenvalue weighted by molar-refractivity contribution is -0.142. The molecule has 0 aromatic heterocycles. The zero-order chi connectivity index (χ0) is 13.9. The average Bonchev–Trinajstić information content (AvgIpc) is 2.58. The predicted molar refractivity (Wildman–Crippen MR) is 76.4 cm³/mol. The van der Waals surface area contributed by atoms with Gasteiger partial charge in [-0.2, -0.15) is 0 Å². The Morgan fingerprint density at radius 1 is 1.42 bits per heavy atom. The van der Waals surface area contributed by atoms with Crippen molar-refractivity contribution < 1.29 is 9.90 Å². The number of carbonyl (C=O) groups is 1. The topological polar surface area (TPSA) is 66.6 Å². The molecule has 1 heterocycles. The van der Waals surface area contributed by atoms with Crippen molar-refractivity contribution in [1.29, 1.82) is 0 Å². The molecule has 3 N–H and O–H groups in total. The molecule has 0 saturated carbocycles. The summed E-state index contributed by atoms with van der Waals surface area (Å²) in [5.41, 5.74) is 7.25. The fourth-order valence-corrected chi connectivity index (χ4v) is 2.48. The zero-order valence-corrected chi connectivity index (χ0v) is 11.4. The minimum Gasteiger partial charge on any atom is -0.480 e. The van der Waals surface area contributed by atoms with Gasteiger partial charge in [-0.3, -0.25) is 4.79 Å². The molecule has 0 aliphatic carbocycles. The van der Waals surface area contributed by atoms with Crippen LogP contribution in [0.2, 0.25) is 0 Å². The summed E-state index contributed by atoms with van der Waals surface area (Å²) in [6, 6.07) is 8.38. The lowest BCUT2D eigenvalue weighted by Gasteiger charge is -2.28. The van der Waals surface area contributed by atoms with Crippen LogP contribution in [0.15, 0.2) is 24.3 Å². The summed E-state index contributed by atoms with van der Waals surface area (Å²) in [4.78, 5) is 13.3. The Kier molecular flexibility index (Phi) is 4.10. The van der Waals surface area contributed by atoms with Crippen LogP contribution in [-0.4, -0.2) is 29.7 Å². The highest BCUT2D eigenvalue weighted by Gasteiger charge is 2.28. The summed E-state index contributed by atoms with van der Waals surface area (Å²) >= 11 is 0. The van der Waals surface area contributed by atoms with E-state index in [1.165, 1.54) is 17.7 Å². The molecule has 1 aliphatic heterocycles. The first-order valence-electron chi connectivity index (χ1n) is 6.86. The van der Waals surface area contributed by atoms with Gasteiger partial charge in [0.2, 0.25) is 0 Å². The molecule has 0 fully saturated rings. The minimum absolute atomic E-state index is 0.455. The molecule has 0 amide bonds. The predicted octanol–water partition coefficient (Wildman–Crippen LogP) is 2.02. The maximum Gasteiger partial charge on any atom is 0.323 e. The van der Waals surface area contributed by atoms with E-state index in [4.69, 9.17) is 10.8 Å². The van der Waals surface area contributed by atoms with Gasteiger partial charge in [0, 0.05) is 18.8 Å². The Labute approximate surface area is 114 Å². The monoisotopic (exact) mass is 262 g/mol. The fourth-order valence-electron chi connectivity index (χ4n) is 2.48. The molecular weight excluding hydrogens is 240 g/mol. The molecule has 1 aliphatic rings. The van der Waals surface area contributed by atoms with Gasteiger partial charge in [-0.1, -0.05) is 18.2 Å². The van der Waals surface area contributed by atoms with Crippen LogP contribution in [-0.2, 0) is 11.2 Å². The van der Waals surface area contributed by atoms with E-state index in [-0.39, 0.29) is 0 Å². The van der Waals surface area contributed by atoms with Gasteiger partial charge in [0.25, 0.3) is 0 Å². The number of anilines is 1. The van der Waals surface area contributed by atoms with Crippen molar-refractivity contribution in [2.75, 3.05) is 18.0 Å². The number of hydrogen-bond acceptors (Lipinski definition) is 3. The SMILES string of the molecule is CC(N)(CCN1CCCCc2ccccc21)C(=O)O. The maximum atomic E-state index is 11.1. The van der Waals surface area contributed by atoms with Crippen molar-refractivity contribution in [3.8, 4) is 0 Å². The third-order valence-electron chi connectivity index (χ3n) is 3.85. The normalized spacial score (nSPS) is 18.3. The van der Waals surface area contributed by atoms with E-state index in [0.717, 1.165) is 19.4 Å². The number of aryl methyl sites for hydroxylation is 1. The van der Waals surface area contributed by atoms with Crippen LogP contribution in [0.1, 0.15) is 31.7 Å². The molecule has 1 unspecified atom stereocenters. The number of rotatable bonds is 4. The molecule has 0 spiro atoms. The molecule has 1 aromatic carbocycles. The molecule has 1 aromatic rings. The van der Waals surface area contributed by atoms with Crippen LogP contribution in [0.4, 0.5) is 5.69 Å². The van der Waals surface area contributed by atoms with Crippen LogP contribution in [0, 0.1) is 0 Å². The minimum atomic E-state index is -1.15. The second kappa shape index (κ2) is 5.61. The smallest absolute Gasteiger partial charge is 0.323 e. The molecule has 0 bridgehead atoms. The van der Waals surface area contributed by atoms with Crippen LogP contribution in [0.25, 0.3) is 0 Å². The van der Waals surface area contributed by atoms with E-state index in [1.807, 2.05) is 6.07 Å². The van der Waals surface area contributed by atoms with Gasteiger partial charge in [0.05, 0.1) is 0 Å². The van der Waals surface area contributed by atoms with Crippen LogP contribution in [0.5, 0.6) is 0 Å². The quantitative estimate of drug-likeness (QED) is 0.871. The van der Waals surface area contributed by atoms with E-state index >= 15 is 0 Å². The number of nitrogens with zero attached hydrogens (tertiary/aromatic N) is 1. The van der Waals surface area contributed by atoms with Crippen molar-refractivity contribution in [1.82, 2.24) is 0 Å². The molecule has 104 valence electrons. The van der Waals surface area contributed by atoms with Crippen LogP contribution in [0.3, 0.4) is 0 Å². The summed E-state index contributed by atoms with van der Waals surface area (Å²) in [6.07, 6.45) is 3.89. The first-order chi connectivity index (χ1) is 9.00. The first-order valence-corrected chi connectivity index (χ1v) is 6.86. The Balaban J connectivity index is 2.10. The molecule has 4 nitrogen and oxygen atoms in total. The van der Waals surface area contributed by atoms with Crippen molar-refractivity contribution >= 4 is 11.7 Å². The average molecular weight is 262 g/mol. The van der Waals surface area contributed by atoms with Gasteiger partial charge in [0.15, 0.2) is 0 Å². The number of carboxylic acids is 1. The van der Waals surface area contributed by atoms with Crippen molar-refractivity contribution in [2.45, 2.75) is 38.1 Å². The maximum absolute atomic E-state index is 11.1. The lowest BCUT2D eigenvalue weighted by Crippen LogP contribution is -2.47. The fraction of sp³-hybridized carbons (Fsp3) is 0.533. The number of fused-ring (bicyclic) bond motifs is 1. The number of para-hydroxylation sites is 1. The van der Waals surface area contributed by atoms with Crippen LogP contribution >= 0.6 is 0 Å². The largest absolute Gasteiger partial charge is 0.480 e. The van der Waals surface area contributed by atoms with E-state index in [2.05, 4.69) is 23.1 Å². The number of aliphatic carboxylic acids is 1. The molecule has 4 heteroatoms. The third-order valence-corrected chi connectivity index (χ3v) is 3.85. The van der Waals surface area contributed by atoms with Crippen LogP contribution < -0.4 is 10.6 Å². The number of carboxylic acid groups (broad SMARTS) is 1. The molecule has 2 rings (SSSR count). The zero-order valence-electron chi connectivity index (χ0n) is 11.4. The molecule has 1 atom stereocenters. The highest BCUT2D eigenvalue weighted by molar-refractivity contribution is 5.77. The first kappa shape index (κ1) is 13.9. The molecule has 0 saturated heterocycles. The van der Waals surface area contributed by atoms with Gasteiger partial charge >= 0.3 is 5.97 Å².